The maximum absolute atomic E-state index is 4.39. The molecule has 1 rings (SSSR count). The van der Waals surface area contributed by atoms with Gasteiger partial charge in [0.15, 0.2) is 0 Å². The molecule has 0 bridgehead atoms. The highest BCUT2D eigenvalue weighted by atomic mass is 15.1. The third kappa shape index (κ3) is 4.67. The van der Waals surface area contributed by atoms with E-state index in [1.165, 1.54) is 5.56 Å². The van der Waals surface area contributed by atoms with Crippen molar-refractivity contribution in [3.05, 3.63) is 11.9 Å². The molecule has 5 nitrogen and oxygen atoms in total. The molecule has 0 saturated carbocycles. The van der Waals surface area contributed by atoms with Gasteiger partial charge in [-0.25, -0.2) is 9.97 Å². The second kappa shape index (κ2) is 7.94. The Hall–Kier alpha value is -1.36. The van der Waals surface area contributed by atoms with Crippen molar-refractivity contribution in [1.29, 1.82) is 0 Å². The number of rotatable bonds is 8. The lowest BCUT2D eigenvalue weighted by atomic mass is 10.1. The Morgan fingerprint density at radius 1 is 1.16 bits per heavy atom. The van der Waals surface area contributed by atoms with Crippen molar-refractivity contribution in [3.8, 4) is 0 Å². The molecule has 1 heterocycles. The zero-order valence-electron chi connectivity index (χ0n) is 12.8. The fourth-order valence-electron chi connectivity index (χ4n) is 1.80. The van der Waals surface area contributed by atoms with E-state index in [4.69, 9.17) is 0 Å². The molecule has 0 spiro atoms. The van der Waals surface area contributed by atoms with E-state index in [1.807, 2.05) is 0 Å². The van der Waals surface area contributed by atoms with Crippen LogP contribution >= 0.6 is 0 Å². The Balaban J connectivity index is 2.83. The van der Waals surface area contributed by atoms with Gasteiger partial charge >= 0.3 is 0 Å². The van der Waals surface area contributed by atoms with Crippen LogP contribution < -0.4 is 10.6 Å². The third-order valence-corrected chi connectivity index (χ3v) is 3.24. The molecule has 0 aliphatic heterocycles. The Bertz CT molecular complexity index is 378. The van der Waals surface area contributed by atoms with Gasteiger partial charge in [0.2, 0.25) is 0 Å². The Kier molecular flexibility index (Phi) is 6.56. The van der Waals surface area contributed by atoms with Gasteiger partial charge in [-0.1, -0.05) is 13.3 Å². The van der Waals surface area contributed by atoms with Crippen LogP contribution in [0, 0.1) is 0 Å². The van der Waals surface area contributed by atoms with Gasteiger partial charge in [-0.15, -0.1) is 0 Å². The predicted octanol–water partition coefficient (Wildman–Crippen LogP) is 2.22. The first-order valence-corrected chi connectivity index (χ1v) is 7.08. The number of likely N-dealkylation sites (N-methyl/N-ethyl adjacent to an activating group) is 1. The minimum atomic E-state index is 0.465. The first-order chi connectivity index (χ1) is 9.10. The quantitative estimate of drug-likeness (QED) is 0.755. The molecule has 19 heavy (non-hydrogen) atoms. The molecule has 0 aliphatic rings. The topological polar surface area (TPSA) is 53.1 Å². The zero-order chi connectivity index (χ0) is 14.3. The van der Waals surface area contributed by atoms with E-state index in [0.717, 1.165) is 37.6 Å². The van der Waals surface area contributed by atoms with Gasteiger partial charge in [-0.2, -0.15) is 0 Å². The Morgan fingerprint density at radius 2 is 1.79 bits per heavy atom. The van der Waals surface area contributed by atoms with Gasteiger partial charge in [0.25, 0.3) is 0 Å². The SMILES string of the molecule is CCCc1c(NCC)ncnc1NCC(C)N(C)C. The van der Waals surface area contributed by atoms with Crippen molar-refractivity contribution < 1.29 is 0 Å². The standard InChI is InChI=1S/C14H27N5/c1-6-8-12-13(15-7-2)17-10-18-14(12)16-9-11(3)19(4)5/h10-11H,6-9H2,1-5H3,(H2,15,16,17,18). The van der Waals surface area contributed by atoms with Gasteiger partial charge < -0.3 is 15.5 Å². The summed E-state index contributed by atoms with van der Waals surface area (Å²) < 4.78 is 0. The summed E-state index contributed by atoms with van der Waals surface area (Å²) in [6.07, 6.45) is 3.70. The van der Waals surface area contributed by atoms with Crippen LogP contribution in [0.25, 0.3) is 0 Å². The summed E-state index contributed by atoms with van der Waals surface area (Å²) >= 11 is 0. The van der Waals surface area contributed by atoms with E-state index >= 15 is 0 Å². The minimum Gasteiger partial charge on any atom is -0.370 e. The van der Waals surface area contributed by atoms with Gasteiger partial charge in [0, 0.05) is 24.7 Å². The first-order valence-electron chi connectivity index (χ1n) is 7.08. The molecule has 1 aromatic rings. The summed E-state index contributed by atoms with van der Waals surface area (Å²) in [5.74, 6) is 1.92. The number of aromatic nitrogens is 2. The highest BCUT2D eigenvalue weighted by molar-refractivity contribution is 5.57. The zero-order valence-corrected chi connectivity index (χ0v) is 12.8. The van der Waals surface area contributed by atoms with Crippen LogP contribution in [-0.4, -0.2) is 48.1 Å². The summed E-state index contributed by atoms with van der Waals surface area (Å²) in [6, 6.07) is 0.465. The second-order valence-corrected chi connectivity index (χ2v) is 5.02. The average Bonchev–Trinajstić information content (AvgIpc) is 2.39. The van der Waals surface area contributed by atoms with E-state index in [0.29, 0.717) is 6.04 Å². The van der Waals surface area contributed by atoms with Crippen molar-refractivity contribution in [2.24, 2.45) is 0 Å². The molecule has 5 heteroatoms. The third-order valence-electron chi connectivity index (χ3n) is 3.24. The average molecular weight is 265 g/mol. The van der Waals surface area contributed by atoms with Crippen LogP contribution in [0.1, 0.15) is 32.8 Å². The minimum absolute atomic E-state index is 0.465. The van der Waals surface area contributed by atoms with Crippen molar-refractivity contribution in [3.63, 3.8) is 0 Å². The van der Waals surface area contributed by atoms with Crippen LogP contribution in [-0.2, 0) is 6.42 Å². The molecular weight excluding hydrogens is 238 g/mol. The van der Waals surface area contributed by atoms with E-state index < -0.39 is 0 Å². The van der Waals surface area contributed by atoms with Gasteiger partial charge in [-0.3, -0.25) is 0 Å². The molecule has 2 N–H and O–H groups in total. The van der Waals surface area contributed by atoms with Gasteiger partial charge in [0.05, 0.1) is 0 Å². The van der Waals surface area contributed by atoms with Crippen molar-refractivity contribution in [1.82, 2.24) is 14.9 Å². The second-order valence-electron chi connectivity index (χ2n) is 5.02. The highest BCUT2D eigenvalue weighted by Gasteiger charge is 2.11. The Labute approximate surface area is 116 Å². The summed E-state index contributed by atoms with van der Waals surface area (Å²) in [5.41, 5.74) is 1.19. The normalized spacial score (nSPS) is 12.5. The molecule has 1 unspecified atom stereocenters. The summed E-state index contributed by atoms with van der Waals surface area (Å²) in [5, 5.41) is 6.76. The lowest BCUT2D eigenvalue weighted by Crippen LogP contribution is -2.32. The molecule has 0 radical (unpaired) electrons. The number of nitrogens with one attached hydrogen (secondary N) is 2. The fourth-order valence-corrected chi connectivity index (χ4v) is 1.80. The van der Waals surface area contributed by atoms with Crippen LogP contribution in [0.2, 0.25) is 0 Å². The fraction of sp³-hybridized carbons (Fsp3) is 0.714. The molecule has 1 aromatic heterocycles. The molecular formula is C14H27N5. The van der Waals surface area contributed by atoms with Crippen LogP contribution in [0.4, 0.5) is 11.6 Å². The largest absolute Gasteiger partial charge is 0.370 e. The summed E-state index contributed by atoms with van der Waals surface area (Å²) in [7, 11) is 4.17. The molecule has 0 aliphatic carbocycles. The maximum Gasteiger partial charge on any atom is 0.134 e. The molecule has 1 atom stereocenters. The van der Waals surface area contributed by atoms with E-state index in [9.17, 15) is 0 Å². The van der Waals surface area contributed by atoms with Crippen LogP contribution in [0.5, 0.6) is 0 Å². The lowest BCUT2D eigenvalue weighted by molar-refractivity contribution is 0.326. The lowest BCUT2D eigenvalue weighted by Gasteiger charge is -2.21. The van der Waals surface area contributed by atoms with Crippen molar-refractivity contribution in [2.75, 3.05) is 37.8 Å². The Morgan fingerprint density at radius 3 is 2.32 bits per heavy atom. The van der Waals surface area contributed by atoms with E-state index in [-0.39, 0.29) is 0 Å². The maximum atomic E-state index is 4.39. The highest BCUT2D eigenvalue weighted by Crippen LogP contribution is 2.21. The molecule has 0 amide bonds. The summed E-state index contributed by atoms with van der Waals surface area (Å²) in [6.45, 7) is 8.21. The monoisotopic (exact) mass is 265 g/mol. The number of hydrogen-bond acceptors (Lipinski definition) is 5. The van der Waals surface area contributed by atoms with Crippen LogP contribution in [0.3, 0.4) is 0 Å². The predicted molar refractivity (Wildman–Crippen MR) is 81.8 cm³/mol. The van der Waals surface area contributed by atoms with Crippen LogP contribution in [0.15, 0.2) is 6.33 Å². The van der Waals surface area contributed by atoms with Crippen molar-refractivity contribution in [2.45, 2.75) is 39.7 Å². The molecule has 0 fully saturated rings. The first kappa shape index (κ1) is 15.7. The van der Waals surface area contributed by atoms with Gasteiger partial charge in [0.1, 0.15) is 18.0 Å². The molecule has 108 valence electrons. The molecule has 0 aromatic carbocycles. The number of hydrogen-bond donors (Lipinski definition) is 2. The smallest absolute Gasteiger partial charge is 0.134 e. The van der Waals surface area contributed by atoms with Gasteiger partial charge in [-0.05, 0) is 34.4 Å². The van der Waals surface area contributed by atoms with Crippen molar-refractivity contribution >= 4 is 11.6 Å². The number of anilines is 2. The summed E-state index contributed by atoms with van der Waals surface area (Å²) in [4.78, 5) is 10.9. The van der Waals surface area contributed by atoms with E-state index in [1.54, 1.807) is 6.33 Å². The van der Waals surface area contributed by atoms with E-state index in [2.05, 4.69) is 60.4 Å². The molecule has 0 saturated heterocycles. The number of nitrogens with zero attached hydrogens (tertiary/aromatic N) is 3.